The Morgan fingerprint density at radius 1 is 1.26 bits per heavy atom. The monoisotopic (exact) mass is 278 g/mol. The Balaban J connectivity index is 2.25. The molecule has 2 aromatic carbocycles. The highest BCUT2D eigenvalue weighted by Crippen LogP contribution is 2.23. The molecule has 0 amide bonds. The quantitative estimate of drug-likeness (QED) is 0.663. The van der Waals surface area contributed by atoms with E-state index in [1.165, 1.54) is 17.2 Å². The summed E-state index contributed by atoms with van der Waals surface area (Å²) in [5.74, 6) is 5.16. The van der Waals surface area contributed by atoms with E-state index in [-0.39, 0.29) is 11.1 Å². The van der Waals surface area contributed by atoms with Crippen LogP contribution in [0, 0.1) is 12.7 Å². The molecule has 1 unspecified atom stereocenters. The Hall–Kier alpha value is -1.42. The molecule has 0 heterocycles. The van der Waals surface area contributed by atoms with E-state index in [2.05, 4.69) is 5.43 Å². The van der Waals surface area contributed by atoms with Crippen molar-refractivity contribution in [2.45, 2.75) is 19.4 Å². The predicted octanol–water partition coefficient (Wildman–Crippen LogP) is 3.53. The van der Waals surface area contributed by atoms with Crippen molar-refractivity contribution in [1.82, 2.24) is 5.43 Å². The van der Waals surface area contributed by atoms with E-state index >= 15 is 0 Å². The average molecular weight is 279 g/mol. The van der Waals surface area contributed by atoms with Crippen LogP contribution in [0.5, 0.6) is 0 Å². The summed E-state index contributed by atoms with van der Waals surface area (Å²) in [6, 6.07) is 12.7. The van der Waals surface area contributed by atoms with Gasteiger partial charge in [-0.15, -0.1) is 0 Å². The highest BCUT2D eigenvalue weighted by atomic mass is 35.5. The Morgan fingerprint density at radius 3 is 2.63 bits per heavy atom. The third-order valence-corrected chi connectivity index (χ3v) is 3.54. The fourth-order valence-electron chi connectivity index (χ4n) is 2.06. The molecule has 19 heavy (non-hydrogen) atoms. The predicted molar refractivity (Wildman–Crippen MR) is 76.4 cm³/mol. The fourth-order valence-corrected chi connectivity index (χ4v) is 2.18. The summed E-state index contributed by atoms with van der Waals surface area (Å²) in [6.07, 6.45) is 0.699. The molecular formula is C15H16ClFN2. The number of benzene rings is 2. The number of aryl methyl sites for hydroxylation is 1. The molecule has 2 rings (SSSR count). The van der Waals surface area contributed by atoms with Gasteiger partial charge in [0.1, 0.15) is 5.82 Å². The van der Waals surface area contributed by atoms with Crippen LogP contribution in [0.25, 0.3) is 0 Å². The summed E-state index contributed by atoms with van der Waals surface area (Å²) in [7, 11) is 0. The summed E-state index contributed by atoms with van der Waals surface area (Å²) >= 11 is 5.69. The second kappa shape index (κ2) is 6.15. The summed E-state index contributed by atoms with van der Waals surface area (Å²) in [4.78, 5) is 0. The van der Waals surface area contributed by atoms with E-state index in [1.807, 2.05) is 31.2 Å². The van der Waals surface area contributed by atoms with Crippen LogP contribution in [-0.4, -0.2) is 0 Å². The van der Waals surface area contributed by atoms with Crippen molar-refractivity contribution < 1.29 is 4.39 Å². The van der Waals surface area contributed by atoms with Gasteiger partial charge in [-0.25, -0.2) is 4.39 Å². The maximum absolute atomic E-state index is 13.5. The largest absolute Gasteiger partial charge is 0.271 e. The first-order valence-corrected chi connectivity index (χ1v) is 6.45. The third-order valence-electron chi connectivity index (χ3n) is 3.23. The smallest absolute Gasteiger partial charge is 0.142 e. The molecule has 0 saturated carbocycles. The summed E-state index contributed by atoms with van der Waals surface area (Å²) in [5, 5.41) is 0.121. The lowest BCUT2D eigenvalue weighted by Gasteiger charge is -2.18. The van der Waals surface area contributed by atoms with Crippen molar-refractivity contribution >= 4 is 11.6 Å². The van der Waals surface area contributed by atoms with Crippen LogP contribution in [0.3, 0.4) is 0 Å². The van der Waals surface area contributed by atoms with Gasteiger partial charge in [-0.1, -0.05) is 41.9 Å². The third kappa shape index (κ3) is 3.32. The number of hydrazine groups is 1. The number of hydrogen-bond acceptors (Lipinski definition) is 2. The van der Waals surface area contributed by atoms with Crippen molar-refractivity contribution in [3.63, 3.8) is 0 Å². The van der Waals surface area contributed by atoms with E-state index in [4.69, 9.17) is 17.4 Å². The van der Waals surface area contributed by atoms with Crippen molar-refractivity contribution in [1.29, 1.82) is 0 Å². The molecule has 2 aromatic rings. The SMILES string of the molecule is Cc1ccccc1CC(NN)c1ccc(Cl)c(F)c1. The molecule has 0 aliphatic carbocycles. The Labute approximate surface area is 117 Å². The van der Waals surface area contributed by atoms with Gasteiger partial charge < -0.3 is 0 Å². The van der Waals surface area contributed by atoms with Crippen LogP contribution in [0.4, 0.5) is 4.39 Å². The van der Waals surface area contributed by atoms with Crippen molar-refractivity contribution in [3.05, 3.63) is 70.0 Å². The van der Waals surface area contributed by atoms with Crippen molar-refractivity contribution in [2.24, 2.45) is 5.84 Å². The van der Waals surface area contributed by atoms with E-state index in [9.17, 15) is 4.39 Å². The number of hydrogen-bond donors (Lipinski definition) is 2. The second-order valence-electron chi connectivity index (χ2n) is 4.52. The lowest BCUT2D eigenvalue weighted by Crippen LogP contribution is -2.29. The zero-order valence-electron chi connectivity index (χ0n) is 10.7. The van der Waals surface area contributed by atoms with Crippen LogP contribution in [0.2, 0.25) is 5.02 Å². The molecule has 2 nitrogen and oxygen atoms in total. The molecule has 0 bridgehead atoms. The summed E-state index contributed by atoms with van der Waals surface area (Å²) in [5.41, 5.74) is 5.89. The van der Waals surface area contributed by atoms with Gasteiger partial charge in [-0.05, 0) is 42.2 Å². The zero-order valence-corrected chi connectivity index (χ0v) is 11.4. The van der Waals surface area contributed by atoms with Gasteiger partial charge in [0.2, 0.25) is 0 Å². The van der Waals surface area contributed by atoms with E-state index < -0.39 is 5.82 Å². The lowest BCUT2D eigenvalue weighted by atomic mass is 9.96. The van der Waals surface area contributed by atoms with Gasteiger partial charge in [-0.3, -0.25) is 11.3 Å². The Bertz CT molecular complexity index is 572. The molecule has 0 saturated heterocycles. The van der Waals surface area contributed by atoms with Gasteiger partial charge in [-0.2, -0.15) is 0 Å². The Morgan fingerprint density at radius 2 is 2.00 bits per heavy atom. The molecule has 1 atom stereocenters. The molecule has 0 radical (unpaired) electrons. The molecule has 0 aliphatic heterocycles. The average Bonchev–Trinajstić information content (AvgIpc) is 2.41. The van der Waals surface area contributed by atoms with E-state index in [1.54, 1.807) is 12.1 Å². The standard InChI is InChI=1S/C15H16ClFN2/c1-10-4-2-3-5-11(10)9-15(19-18)12-6-7-13(16)14(17)8-12/h2-8,15,19H,9,18H2,1H3. The van der Waals surface area contributed by atoms with Crippen LogP contribution < -0.4 is 11.3 Å². The van der Waals surface area contributed by atoms with Gasteiger partial charge in [0.25, 0.3) is 0 Å². The van der Waals surface area contributed by atoms with Crippen LogP contribution in [-0.2, 0) is 6.42 Å². The molecule has 100 valence electrons. The van der Waals surface area contributed by atoms with Gasteiger partial charge >= 0.3 is 0 Å². The van der Waals surface area contributed by atoms with Crippen molar-refractivity contribution in [3.8, 4) is 0 Å². The van der Waals surface area contributed by atoms with Gasteiger partial charge in [0.05, 0.1) is 11.1 Å². The van der Waals surface area contributed by atoms with Crippen molar-refractivity contribution in [2.75, 3.05) is 0 Å². The first-order valence-electron chi connectivity index (χ1n) is 6.07. The van der Waals surface area contributed by atoms with E-state index in [0.29, 0.717) is 6.42 Å². The fraction of sp³-hybridized carbons (Fsp3) is 0.200. The first kappa shape index (κ1) is 14.0. The maximum atomic E-state index is 13.5. The summed E-state index contributed by atoms with van der Waals surface area (Å²) < 4.78 is 13.5. The first-order chi connectivity index (χ1) is 9.11. The molecule has 0 fully saturated rings. The maximum Gasteiger partial charge on any atom is 0.142 e. The topological polar surface area (TPSA) is 38.0 Å². The normalized spacial score (nSPS) is 12.4. The van der Waals surface area contributed by atoms with Crippen LogP contribution in [0.15, 0.2) is 42.5 Å². The molecule has 0 aromatic heterocycles. The number of rotatable bonds is 4. The highest BCUT2D eigenvalue weighted by molar-refractivity contribution is 6.30. The molecule has 0 spiro atoms. The number of nitrogens with one attached hydrogen (secondary N) is 1. The molecule has 3 N–H and O–H groups in total. The molecular weight excluding hydrogens is 263 g/mol. The van der Waals surface area contributed by atoms with Gasteiger partial charge in [0, 0.05) is 0 Å². The van der Waals surface area contributed by atoms with Gasteiger partial charge in [0.15, 0.2) is 0 Å². The zero-order chi connectivity index (χ0) is 13.8. The van der Waals surface area contributed by atoms with Crippen LogP contribution in [0.1, 0.15) is 22.7 Å². The minimum absolute atomic E-state index is 0.121. The highest BCUT2D eigenvalue weighted by Gasteiger charge is 2.13. The molecule has 0 aliphatic rings. The number of halogens is 2. The molecule has 4 heteroatoms. The minimum Gasteiger partial charge on any atom is -0.271 e. The summed E-state index contributed by atoms with van der Waals surface area (Å²) in [6.45, 7) is 2.05. The Kier molecular flexibility index (Phi) is 4.53. The second-order valence-corrected chi connectivity index (χ2v) is 4.93. The lowest BCUT2D eigenvalue weighted by molar-refractivity contribution is 0.543. The minimum atomic E-state index is -0.427. The van der Waals surface area contributed by atoms with Crippen LogP contribution >= 0.6 is 11.6 Å². The number of nitrogens with two attached hydrogens (primary N) is 1. The van der Waals surface area contributed by atoms with E-state index in [0.717, 1.165) is 5.56 Å².